The molecule has 92 valence electrons. The van der Waals surface area contributed by atoms with Crippen molar-refractivity contribution in [2.24, 2.45) is 0 Å². The molecule has 1 unspecified atom stereocenters. The number of benzene rings is 1. The molecule has 1 atom stereocenters. The second kappa shape index (κ2) is 4.29. The highest BCUT2D eigenvalue weighted by molar-refractivity contribution is 5.52. The van der Waals surface area contributed by atoms with Gasteiger partial charge in [-0.3, -0.25) is 4.98 Å². The summed E-state index contributed by atoms with van der Waals surface area (Å²) >= 11 is 0. The van der Waals surface area contributed by atoms with Gasteiger partial charge in [0.15, 0.2) is 0 Å². The van der Waals surface area contributed by atoms with Gasteiger partial charge in [0.05, 0.1) is 11.7 Å². The number of anilines is 2. The summed E-state index contributed by atoms with van der Waals surface area (Å²) in [6, 6.07) is 8.90. The summed E-state index contributed by atoms with van der Waals surface area (Å²) in [5.74, 6) is 0.916. The molecule has 2 aromatic rings. The number of nitrogens with one attached hydrogen (secondary N) is 1. The molecule has 0 bridgehead atoms. The van der Waals surface area contributed by atoms with Gasteiger partial charge in [-0.15, -0.1) is 0 Å². The first-order valence-electron chi connectivity index (χ1n) is 6.08. The van der Waals surface area contributed by atoms with E-state index < -0.39 is 0 Å². The molecule has 2 heterocycles. The van der Waals surface area contributed by atoms with Crippen LogP contribution in [-0.4, -0.2) is 24.1 Å². The van der Waals surface area contributed by atoms with Crippen molar-refractivity contribution in [2.45, 2.75) is 12.5 Å². The highest BCUT2D eigenvalue weighted by Crippen LogP contribution is 2.31. The quantitative estimate of drug-likeness (QED) is 0.874. The molecule has 0 amide bonds. The fraction of sp³-hybridized carbons (Fsp3) is 0.286. The summed E-state index contributed by atoms with van der Waals surface area (Å²) < 4.78 is 0. The Morgan fingerprint density at radius 1 is 1.11 bits per heavy atom. The Kier molecular flexibility index (Phi) is 2.63. The second-order valence-corrected chi connectivity index (χ2v) is 4.74. The van der Waals surface area contributed by atoms with Gasteiger partial charge in [-0.05, 0) is 17.7 Å². The van der Waals surface area contributed by atoms with Crippen molar-refractivity contribution in [3.8, 4) is 0 Å². The number of fused-ring (bicyclic) bond motifs is 1. The number of rotatable bonds is 2. The van der Waals surface area contributed by atoms with E-state index in [0.717, 1.165) is 17.9 Å². The van der Waals surface area contributed by atoms with Crippen molar-refractivity contribution >= 4 is 11.5 Å². The molecule has 4 heteroatoms. The van der Waals surface area contributed by atoms with E-state index in [1.807, 2.05) is 14.1 Å². The molecule has 0 saturated heterocycles. The van der Waals surface area contributed by atoms with Crippen molar-refractivity contribution in [1.82, 2.24) is 9.97 Å². The van der Waals surface area contributed by atoms with E-state index in [1.165, 1.54) is 11.3 Å². The van der Waals surface area contributed by atoms with Gasteiger partial charge in [0.2, 0.25) is 0 Å². The lowest BCUT2D eigenvalue weighted by molar-refractivity contribution is 0.809. The van der Waals surface area contributed by atoms with Crippen LogP contribution in [0, 0.1) is 0 Å². The second-order valence-electron chi connectivity index (χ2n) is 4.74. The monoisotopic (exact) mass is 240 g/mol. The predicted octanol–water partition coefficient (Wildman–Crippen LogP) is 2.25. The Balaban J connectivity index is 1.82. The smallest absolute Gasteiger partial charge is 0.148 e. The molecule has 0 saturated carbocycles. The van der Waals surface area contributed by atoms with Gasteiger partial charge in [-0.1, -0.05) is 12.1 Å². The average Bonchev–Trinajstić information content (AvgIpc) is 2.82. The molecular formula is C14H16N4. The fourth-order valence-corrected chi connectivity index (χ4v) is 2.25. The molecule has 1 aromatic carbocycles. The molecule has 0 spiro atoms. The van der Waals surface area contributed by atoms with E-state index in [2.05, 4.69) is 44.5 Å². The van der Waals surface area contributed by atoms with Crippen LogP contribution in [0.15, 0.2) is 36.7 Å². The van der Waals surface area contributed by atoms with Crippen LogP contribution in [0.5, 0.6) is 0 Å². The molecule has 0 radical (unpaired) electrons. The molecule has 0 aliphatic carbocycles. The minimum Gasteiger partial charge on any atom is -0.378 e. The number of hydrogen-bond donors (Lipinski definition) is 1. The highest BCUT2D eigenvalue weighted by Gasteiger charge is 2.23. The third kappa shape index (κ3) is 1.90. The van der Waals surface area contributed by atoms with E-state index in [0.29, 0.717) is 6.04 Å². The number of hydrogen-bond acceptors (Lipinski definition) is 4. The number of nitrogens with zero attached hydrogens (tertiary/aromatic N) is 3. The summed E-state index contributed by atoms with van der Waals surface area (Å²) in [5.41, 5.74) is 3.55. The molecule has 3 rings (SSSR count). The van der Waals surface area contributed by atoms with Crippen LogP contribution in [0.2, 0.25) is 0 Å². The summed E-state index contributed by atoms with van der Waals surface area (Å²) in [6.45, 7) is 0. The van der Waals surface area contributed by atoms with Crippen LogP contribution in [-0.2, 0) is 6.42 Å². The Hall–Kier alpha value is -2.10. The van der Waals surface area contributed by atoms with Crippen molar-refractivity contribution in [1.29, 1.82) is 0 Å². The molecule has 1 aliphatic heterocycles. The van der Waals surface area contributed by atoms with E-state index >= 15 is 0 Å². The third-order valence-electron chi connectivity index (χ3n) is 3.29. The first-order chi connectivity index (χ1) is 8.74. The van der Waals surface area contributed by atoms with Gasteiger partial charge >= 0.3 is 0 Å². The van der Waals surface area contributed by atoms with E-state index in [1.54, 1.807) is 12.4 Å². The Bertz CT molecular complexity index is 523. The highest BCUT2D eigenvalue weighted by atomic mass is 15.1. The Morgan fingerprint density at radius 3 is 2.50 bits per heavy atom. The van der Waals surface area contributed by atoms with Gasteiger partial charge < -0.3 is 10.2 Å². The Labute approximate surface area is 107 Å². The van der Waals surface area contributed by atoms with Gasteiger partial charge in [-0.2, -0.15) is 0 Å². The van der Waals surface area contributed by atoms with E-state index in [4.69, 9.17) is 0 Å². The molecular weight excluding hydrogens is 224 g/mol. The van der Waals surface area contributed by atoms with Crippen molar-refractivity contribution < 1.29 is 0 Å². The normalized spacial score (nSPS) is 17.1. The van der Waals surface area contributed by atoms with Crippen LogP contribution in [0.25, 0.3) is 0 Å². The predicted molar refractivity (Wildman–Crippen MR) is 72.9 cm³/mol. The number of aromatic nitrogens is 2. The molecule has 1 aliphatic rings. The lowest BCUT2D eigenvalue weighted by Gasteiger charge is -2.15. The van der Waals surface area contributed by atoms with Crippen LogP contribution < -0.4 is 10.2 Å². The Morgan fingerprint density at radius 2 is 1.83 bits per heavy atom. The topological polar surface area (TPSA) is 41.1 Å². The minimum absolute atomic E-state index is 0.290. The van der Waals surface area contributed by atoms with Gasteiger partial charge in [-0.25, -0.2) is 4.98 Å². The zero-order valence-corrected chi connectivity index (χ0v) is 10.6. The molecule has 18 heavy (non-hydrogen) atoms. The summed E-state index contributed by atoms with van der Waals surface area (Å²) in [7, 11) is 4.10. The maximum Gasteiger partial charge on any atom is 0.148 e. The minimum atomic E-state index is 0.290. The largest absolute Gasteiger partial charge is 0.378 e. The molecule has 1 N–H and O–H groups in total. The van der Waals surface area contributed by atoms with E-state index in [-0.39, 0.29) is 0 Å². The molecule has 0 fully saturated rings. The fourth-order valence-electron chi connectivity index (χ4n) is 2.25. The summed E-state index contributed by atoms with van der Waals surface area (Å²) in [4.78, 5) is 10.7. The van der Waals surface area contributed by atoms with E-state index in [9.17, 15) is 0 Å². The summed E-state index contributed by atoms with van der Waals surface area (Å²) in [5, 5.41) is 3.41. The van der Waals surface area contributed by atoms with Crippen LogP contribution in [0.3, 0.4) is 0 Å². The zero-order valence-electron chi connectivity index (χ0n) is 10.6. The third-order valence-corrected chi connectivity index (χ3v) is 3.29. The zero-order chi connectivity index (χ0) is 12.5. The summed E-state index contributed by atoms with van der Waals surface area (Å²) in [6.07, 6.45) is 4.38. The van der Waals surface area contributed by atoms with Crippen LogP contribution in [0.4, 0.5) is 11.5 Å². The molecule has 4 nitrogen and oxygen atoms in total. The maximum absolute atomic E-state index is 4.35. The lowest BCUT2D eigenvalue weighted by atomic mass is 10.0. The standard InChI is InChI=1S/C14H16N4/c1-18(2)11-5-3-10(4-6-11)12-9-13-14(17-12)16-8-7-15-13/h3-8,12H,9H2,1-2H3,(H,16,17). The first-order valence-corrected chi connectivity index (χ1v) is 6.08. The van der Waals surface area contributed by atoms with Gasteiger partial charge in [0.25, 0.3) is 0 Å². The van der Waals surface area contributed by atoms with Crippen molar-refractivity contribution in [3.63, 3.8) is 0 Å². The van der Waals surface area contributed by atoms with Crippen LogP contribution in [0.1, 0.15) is 17.3 Å². The van der Waals surface area contributed by atoms with Crippen molar-refractivity contribution in [3.05, 3.63) is 47.9 Å². The van der Waals surface area contributed by atoms with Crippen LogP contribution >= 0.6 is 0 Å². The van der Waals surface area contributed by atoms with Gasteiger partial charge in [0.1, 0.15) is 5.82 Å². The SMILES string of the molecule is CN(C)c1ccc(C2Cc3nccnc3N2)cc1. The maximum atomic E-state index is 4.35. The van der Waals surface area contributed by atoms with Crippen molar-refractivity contribution in [2.75, 3.05) is 24.3 Å². The molecule has 1 aromatic heterocycles. The first kappa shape index (κ1) is 11.0. The lowest BCUT2D eigenvalue weighted by Crippen LogP contribution is -2.10. The van der Waals surface area contributed by atoms with Gasteiger partial charge in [0, 0.05) is 38.6 Å². The average molecular weight is 240 g/mol.